The van der Waals surface area contributed by atoms with Gasteiger partial charge in [0.25, 0.3) is 0 Å². The van der Waals surface area contributed by atoms with E-state index < -0.39 is 16.3 Å². The molecule has 5 rings (SSSR count). The highest BCUT2D eigenvalue weighted by molar-refractivity contribution is 7.91. The molecule has 250 valence electrons. The summed E-state index contributed by atoms with van der Waals surface area (Å²) in [6, 6.07) is 7.21. The van der Waals surface area contributed by atoms with E-state index in [1.165, 1.54) is 13.4 Å². The fraction of sp³-hybridized carbons (Fsp3) is 0.697. The number of benzene rings is 1. The molecule has 2 aromatic rings. The van der Waals surface area contributed by atoms with Crippen LogP contribution in [0, 0.1) is 23.7 Å². The van der Waals surface area contributed by atoms with Gasteiger partial charge in [0.2, 0.25) is 12.3 Å². The fourth-order valence-corrected chi connectivity index (χ4v) is 9.27. The first-order chi connectivity index (χ1) is 21.6. The molecule has 3 aliphatic rings. The number of methoxy groups -OCH3 is 1. The van der Waals surface area contributed by atoms with Gasteiger partial charge in [-0.3, -0.25) is 4.79 Å². The van der Waals surface area contributed by atoms with Crippen LogP contribution in [0.15, 0.2) is 24.3 Å². The Hall–Kier alpha value is -2.18. The zero-order valence-electron chi connectivity index (χ0n) is 26.8. The predicted molar refractivity (Wildman–Crippen MR) is 177 cm³/mol. The second-order valence-electron chi connectivity index (χ2n) is 13.4. The summed E-state index contributed by atoms with van der Waals surface area (Å²) in [6.07, 6.45) is 10.3. The molecule has 2 aliphatic carbocycles. The number of carbonyl (C=O) groups excluding carboxylic acids is 1. The molecule has 10 nitrogen and oxygen atoms in total. The summed E-state index contributed by atoms with van der Waals surface area (Å²) < 4.78 is 29.7. The Labute approximate surface area is 273 Å². The SMILES string of the molecule is CNCC1CCC(C(=O)N2CC(C3CCCCC(S(C)(=O)=O)CC3)CC2c2nc(-c3ccc(NC(O)OC)cc3)c(Cl)[nH]2)CC1. The summed E-state index contributed by atoms with van der Waals surface area (Å²) in [5, 5.41) is 16.0. The molecular weight excluding hydrogens is 614 g/mol. The largest absolute Gasteiger partial charge is 0.351 e. The standard InChI is InChI=1S/C33H50ClN5O5S/c1-35-19-21-8-10-24(11-9-21)32(40)39-20-25(22-6-4-5-7-27(17-14-22)45(3,42)43)18-28(39)31-37-29(30(34)38-31)23-12-15-26(16-13-23)36-33(41)44-2/h12-13,15-16,21-22,24-25,27-28,33,35-36,41H,4-11,14,17-20H2,1-3H3,(H,37,38). The van der Waals surface area contributed by atoms with Crippen LogP contribution in [0.4, 0.5) is 5.69 Å². The summed E-state index contributed by atoms with van der Waals surface area (Å²) in [6.45, 7) is 1.66. The van der Waals surface area contributed by atoms with Gasteiger partial charge in [-0.25, -0.2) is 13.4 Å². The minimum atomic E-state index is -3.07. The molecule has 5 atom stereocenters. The summed E-state index contributed by atoms with van der Waals surface area (Å²) in [5.41, 5.74) is 2.13. The molecule has 0 bridgehead atoms. The van der Waals surface area contributed by atoms with E-state index in [0.29, 0.717) is 47.2 Å². The molecule has 2 saturated carbocycles. The lowest BCUT2D eigenvalue weighted by atomic mass is 9.80. The molecule has 45 heavy (non-hydrogen) atoms. The van der Waals surface area contributed by atoms with Gasteiger partial charge in [-0.05, 0) is 94.8 Å². The van der Waals surface area contributed by atoms with Crippen LogP contribution in [-0.4, -0.2) is 79.5 Å². The van der Waals surface area contributed by atoms with Crippen molar-refractivity contribution in [2.24, 2.45) is 23.7 Å². The molecule has 2 heterocycles. The Morgan fingerprint density at radius 2 is 1.80 bits per heavy atom. The number of aromatic nitrogens is 2. The van der Waals surface area contributed by atoms with E-state index in [1.807, 2.05) is 31.3 Å². The van der Waals surface area contributed by atoms with Gasteiger partial charge in [0.1, 0.15) is 26.5 Å². The third-order valence-corrected chi connectivity index (χ3v) is 12.4. The lowest BCUT2D eigenvalue weighted by Gasteiger charge is -2.33. The molecule has 4 N–H and O–H groups in total. The maximum absolute atomic E-state index is 14.2. The zero-order chi connectivity index (χ0) is 32.1. The number of hydrogen-bond acceptors (Lipinski definition) is 8. The van der Waals surface area contributed by atoms with Crippen LogP contribution in [-0.2, 0) is 19.4 Å². The van der Waals surface area contributed by atoms with E-state index in [4.69, 9.17) is 21.3 Å². The number of anilines is 1. The minimum Gasteiger partial charge on any atom is -0.351 e. The van der Waals surface area contributed by atoms with Crippen LogP contribution in [0.5, 0.6) is 0 Å². The van der Waals surface area contributed by atoms with Crippen molar-refractivity contribution in [2.45, 2.75) is 88.3 Å². The van der Waals surface area contributed by atoms with Crippen LogP contribution in [0.25, 0.3) is 11.3 Å². The molecule has 0 spiro atoms. The monoisotopic (exact) mass is 663 g/mol. The third kappa shape index (κ3) is 8.41. The number of carbonyl (C=O) groups is 1. The number of aliphatic hydroxyl groups excluding tert-OH is 1. The van der Waals surface area contributed by atoms with E-state index in [1.54, 1.807) is 0 Å². The molecule has 1 aromatic heterocycles. The third-order valence-electron chi connectivity index (χ3n) is 10.5. The lowest BCUT2D eigenvalue weighted by molar-refractivity contribution is -0.138. The highest BCUT2D eigenvalue weighted by atomic mass is 35.5. The molecule has 0 radical (unpaired) electrons. The highest BCUT2D eigenvalue weighted by Crippen LogP contribution is 2.45. The Morgan fingerprint density at radius 1 is 1.09 bits per heavy atom. The Balaban J connectivity index is 1.37. The Kier molecular flexibility index (Phi) is 11.5. The number of aliphatic hydroxyl groups is 1. The normalized spacial score (nSPS) is 28.8. The maximum atomic E-state index is 14.2. The average molecular weight is 664 g/mol. The number of nitrogens with one attached hydrogen (secondary N) is 3. The molecule has 1 saturated heterocycles. The van der Waals surface area contributed by atoms with Crippen molar-refractivity contribution in [1.82, 2.24) is 20.2 Å². The first-order valence-electron chi connectivity index (χ1n) is 16.5. The maximum Gasteiger partial charge on any atom is 0.235 e. The van der Waals surface area contributed by atoms with Crippen molar-refractivity contribution in [3.8, 4) is 11.3 Å². The second kappa shape index (κ2) is 15.2. The number of rotatable bonds is 10. The Morgan fingerprint density at radius 3 is 2.47 bits per heavy atom. The van der Waals surface area contributed by atoms with Crippen LogP contribution in [0.3, 0.4) is 0 Å². The van der Waals surface area contributed by atoms with E-state index in [9.17, 15) is 18.3 Å². The number of hydrogen-bond donors (Lipinski definition) is 4. The number of H-pyrrole nitrogens is 1. The number of likely N-dealkylation sites (tertiary alicyclic amines) is 1. The molecule has 5 unspecified atom stereocenters. The summed E-state index contributed by atoms with van der Waals surface area (Å²) in [7, 11) is 0.326. The van der Waals surface area contributed by atoms with Crippen molar-refractivity contribution >= 4 is 33.0 Å². The van der Waals surface area contributed by atoms with Gasteiger partial charge in [-0.15, -0.1) is 0 Å². The van der Waals surface area contributed by atoms with Gasteiger partial charge in [-0.1, -0.05) is 43.0 Å². The van der Waals surface area contributed by atoms with Gasteiger partial charge < -0.3 is 30.4 Å². The smallest absolute Gasteiger partial charge is 0.235 e. The Bertz CT molecular complexity index is 1380. The van der Waals surface area contributed by atoms with Crippen LogP contribution in [0.1, 0.15) is 82.5 Å². The molecule has 12 heteroatoms. The van der Waals surface area contributed by atoms with Crippen molar-refractivity contribution < 1.29 is 23.1 Å². The van der Waals surface area contributed by atoms with Gasteiger partial charge in [0.05, 0.1) is 11.3 Å². The summed E-state index contributed by atoms with van der Waals surface area (Å²) in [5.74, 6) is 2.19. The topological polar surface area (TPSA) is 137 Å². The fourth-order valence-electron chi connectivity index (χ4n) is 7.86. The molecular formula is C33H50ClN5O5S. The van der Waals surface area contributed by atoms with Crippen LogP contribution >= 0.6 is 11.6 Å². The van der Waals surface area contributed by atoms with Gasteiger partial charge in [-0.2, -0.15) is 0 Å². The van der Waals surface area contributed by atoms with E-state index in [2.05, 4.69) is 20.5 Å². The predicted octanol–water partition coefficient (Wildman–Crippen LogP) is 5.36. The van der Waals surface area contributed by atoms with Crippen molar-refractivity contribution in [3.63, 3.8) is 0 Å². The number of imidazole rings is 1. The number of nitrogens with zero attached hydrogens (tertiary/aromatic N) is 2. The number of sulfone groups is 1. The minimum absolute atomic E-state index is 0.0127. The van der Waals surface area contributed by atoms with Crippen molar-refractivity contribution in [1.29, 1.82) is 0 Å². The first kappa shape index (κ1) is 34.2. The average Bonchev–Trinajstić information content (AvgIpc) is 3.61. The van der Waals surface area contributed by atoms with Crippen LogP contribution < -0.4 is 10.6 Å². The lowest BCUT2D eigenvalue weighted by Crippen LogP contribution is -2.39. The number of aromatic amines is 1. The number of ether oxygens (including phenoxy) is 1. The molecule has 1 amide bonds. The zero-order valence-corrected chi connectivity index (χ0v) is 28.4. The van der Waals surface area contributed by atoms with E-state index in [-0.39, 0.29) is 29.0 Å². The van der Waals surface area contributed by atoms with E-state index >= 15 is 0 Å². The summed E-state index contributed by atoms with van der Waals surface area (Å²) >= 11 is 6.75. The summed E-state index contributed by atoms with van der Waals surface area (Å²) in [4.78, 5) is 24.6. The van der Waals surface area contributed by atoms with Crippen molar-refractivity contribution in [2.75, 3.05) is 38.8 Å². The van der Waals surface area contributed by atoms with Crippen LogP contribution in [0.2, 0.25) is 5.15 Å². The van der Waals surface area contributed by atoms with Gasteiger partial charge in [0, 0.05) is 37.1 Å². The van der Waals surface area contributed by atoms with Gasteiger partial charge in [0.15, 0.2) is 0 Å². The quantitative estimate of drug-likeness (QED) is 0.249. The molecule has 1 aromatic carbocycles. The number of amides is 1. The van der Waals surface area contributed by atoms with E-state index in [0.717, 1.165) is 76.3 Å². The first-order valence-corrected chi connectivity index (χ1v) is 18.9. The van der Waals surface area contributed by atoms with Gasteiger partial charge >= 0.3 is 0 Å². The van der Waals surface area contributed by atoms with Crippen molar-refractivity contribution in [3.05, 3.63) is 35.2 Å². The highest BCUT2D eigenvalue weighted by Gasteiger charge is 2.44. The second-order valence-corrected chi connectivity index (χ2v) is 16.1. The molecule has 3 fully saturated rings. The molecule has 1 aliphatic heterocycles. The number of halogens is 1.